The van der Waals surface area contributed by atoms with Crippen LogP contribution in [0.2, 0.25) is 0 Å². The average Bonchev–Trinajstić information content (AvgIpc) is 3.03. The molecule has 1 aromatic heterocycles. The van der Waals surface area contributed by atoms with Crippen LogP contribution in [-0.4, -0.2) is 85.7 Å². The lowest BCUT2D eigenvalue weighted by molar-refractivity contribution is -0.127. The second-order valence-corrected chi connectivity index (χ2v) is 8.77. The number of amides is 2. The van der Waals surface area contributed by atoms with Gasteiger partial charge in [-0.1, -0.05) is 0 Å². The number of hydrogen-bond donors (Lipinski definition) is 2. The minimum absolute atomic E-state index is 0. The first-order valence-corrected chi connectivity index (χ1v) is 11.2. The maximum atomic E-state index is 12.0. The molecule has 2 amide bonds. The van der Waals surface area contributed by atoms with Gasteiger partial charge >= 0.3 is 6.09 Å². The molecule has 1 aliphatic heterocycles. The van der Waals surface area contributed by atoms with E-state index in [1.54, 1.807) is 30.3 Å². The van der Waals surface area contributed by atoms with Crippen LogP contribution in [0.1, 0.15) is 35.3 Å². The maximum Gasteiger partial charge on any atom is 0.409 e. The van der Waals surface area contributed by atoms with Gasteiger partial charge in [-0.05, 0) is 33.6 Å². The molecule has 1 saturated heterocycles. The monoisotopic (exact) mass is 566 g/mol. The Bertz CT molecular complexity index is 728. The molecule has 0 saturated carbocycles. The maximum absolute atomic E-state index is 12.0. The second kappa shape index (κ2) is 13.7. The van der Waals surface area contributed by atoms with E-state index in [-0.39, 0.29) is 48.6 Å². The molecule has 0 atom stereocenters. The first kappa shape index (κ1) is 27.4. The summed E-state index contributed by atoms with van der Waals surface area (Å²) in [6, 6.07) is 0.181. The Morgan fingerprint density at radius 2 is 1.97 bits per heavy atom. The molecule has 0 radical (unpaired) electrons. The molecule has 1 aliphatic rings. The minimum atomic E-state index is -0.256. The van der Waals surface area contributed by atoms with Crippen molar-refractivity contribution in [3.8, 4) is 0 Å². The number of nitrogens with one attached hydrogen (secondary N) is 2. The van der Waals surface area contributed by atoms with Gasteiger partial charge in [0.25, 0.3) is 0 Å². The third-order valence-electron chi connectivity index (χ3n) is 4.94. The van der Waals surface area contributed by atoms with Gasteiger partial charge in [-0.2, -0.15) is 0 Å². The van der Waals surface area contributed by atoms with E-state index in [1.807, 2.05) is 13.8 Å². The fourth-order valence-electron chi connectivity index (χ4n) is 2.99. The molecular weight excluding hydrogens is 531 g/mol. The molecule has 0 aromatic carbocycles. The van der Waals surface area contributed by atoms with E-state index < -0.39 is 0 Å². The van der Waals surface area contributed by atoms with Crippen LogP contribution in [0.5, 0.6) is 0 Å². The van der Waals surface area contributed by atoms with Crippen LogP contribution in [0.3, 0.4) is 0 Å². The Labute approximate surface area is 206 Å². The van der Waals surface area contributed by atoms with E-state index in [9.17, 15) is 9.59 Å². The molecular formula is C20H35IN6O3S. The highest BCUT2D eigenvalue weighted by Crippen LogP contribution is 2.16. The summed E-state index contributed by atoms with van der Waals surface area (Å²) in [4.78, 5) is 37.3. The summed E-state index contributed by atoms with van der Waals surface area (Å²) >= 11 is 1.71. The van der Waals surface area contributed by atoms with E-state index in [2.05, 4.69) is 27.5 Å². The fourth-order valence-corrected chi connectivity index (χ4v) is 3.92. The van der Waals surface area contributed by atoms with Gasteiger partial charge in [-0.3, -0.25) is 4.79 Å². The number of carbonyl (C=O) groups is 2. The van der Waals surface area contributed by atoms with Crippen molar-refractivity contribution in [1.82, 2.24) is 25.4 Å². The van der Waals surface area contributed by atoms with Crippen molar-refractivity contribution in [2.75, 3.05) is 46.9 Å². The zero-order chi connectivity index (χ0) is 22.1. The summed E-state index contributed by atoms with van der Waals surface area (Å²) < 4.78 is 5.07. The van der Waals surface area contributed by atoms with Crippen LogP contribution >= 0.6 is 35.3 Å². The first-order valence-electron chi connectivity index (χ1n) is 10.4. The molecule has 0 unspecified atom stereocenters. The lowest BCUT2D eigenvalue weighted by Gasteiger charge is -2.32. The van der Waals surface area contributed by atoms with Crippen molar-refractivity contribution < 1.29 is 14.3 Å². The van der Waals surface area contributed by atoms with E-state index >= 15 is 0 Å². The smallest absolute Gasteiger partial charge is 0.409 e. The third kappa shape index (κ3) is 9.17. The standard InChI is InChI=1S/C20H34N6O3S.HI/c1-6-29-20(28)26-11-8-16(9-12-26)24-19(22-13-18(27)25(4)5)21-10-7-17-23-14(2)15(3)30-17;/h16H,6-13H2,1-5H3,(H2,21,22,24);1H. The SMILES string of the molecule is CCOC(=O)N1CCC(NC(=NCC(=O)N(C)C)NCCc2nc(C)c(C)s2)CC1.I. The number of likely N-dealkylation sites (N-methyl/N-ethyl adjacent to an activating group) is 1. The molecule has 2 heterocycles. The molecule has 31 heavy (non-hydrogen) atoms. The zero-order valence-electron chi connectivity index (χ0n) is 19.1. The minimum Gasteiger partial charge on any atom is -0.450 e. The molecule has 2 N–H and O–H groups in total. The average molecular weight is 567 g/mol. The Hall–Kier alpha value is -1.63. The lowest BCUT2D eigenvalue weighted by Crippen LogP contribution is -2.50. The summed E-state index contributed by atoms with van der Waals surface area (Å²) in [5.74, 6) is 0.559. The number of nitrogens with zero attached hydrogens (tertiary/aromatic N) is 4. The van der Waals surface area contributed by atoms with Crippen LogP contribution in [0.15, 0.2) is 4.99 Å². The molecule has 0 bridgehead atoms. The first-order chi connectivity index (χ1) is 14.3. The van der Waals surface area contributed by atoms with Gasteiger partial charge in [0.1, 0.15) is 6.54 Å². The van der Waals surface area contributed by atoms with Gasteiger partial charge in [-0.25, -0.2) is 14.8 Å². The highest BCUT2D eigenvalue weighted by molar-refractivity contribution is 14.0. The van der Waals surface area contributed by atoms with Crippen LogP contribution in [0.25, 0.3) is 0 Å². The summed E-state index contributed by atoms with van der Waals surface area (Å²) in [5, 5.41) is 7.83. The summed E-state index contributed by atoms with van der Waals surface area (Å²) in [7, 11) is 3.44. The normalized spacial score (nSPS) is 14.6. The van der Waals surface area contributed by atoms with Crippen molar-refractivity contribution in [3.05, 3.63) is 15.6 Å². The number of guanidine groups is 1. The fraction of sp³-hybridized carbons (Fsp3) is 0.700. The summed E-state index contributed by atoms with van der Waals surface area (Å²) in [5.41, 5.74) is 1.08. The van der Waals surface area contributed by atoms with Crippen molar-refractivity contribution in [1.29, 1.82) is 0 Å². The Balaban J connectivity index is 0.00000480. The quantitative estimate of drug-likeness (QED) is 0.298. The largest absolute Gasteiger partial charge is 0.450 e. The number of carbonyl (C=O) groups excluding carboxylic acids is 2. The number of aryl methyl sites for hydroxylation is 2. The molecule has 0 spiro atoms. The number of hydrogen-bond acceptors (Lipinski definition) is 6. The van der Waals surface area contributed by atoms with Gasteiger partial charge in [0.15, 0.2) is 5.96 Å². The highest BCUT2D eigenvalue weighted by atomic mass is 127. The number of rotatable bonds is 7. The van der Waals surface area contributed by atoms with Gasteiger partial charge in [0.2, 0.25) is 5.91 Å². The van der Waals surface area contributed by atoms with Crippen molar-refractivity contribution in [2.45, 2.75) is 46.1 Å². The van der Waals surface area contributed by atoms with E-state index in [0.29, 0.717) is 32.2 Å². The number of aromatic nitrogens is 1. The number of aliphatic imine (C=N–C) groups is 1. The second-order valence-electron chi connectivity index (χ2n) is 7.48. The highest BCUT2D eigenvalue weighted by Gasteiger charge is 2.24. The molecule has 9 nitrogen and oxygen atoms in total. The van der Waals surface area contributed by atoms with Gasteiger partial charge in [0, 0.05) is 51.1 Å². The summed E-state index contributed by atoms with van der Waals surface area (Å²) in [6.07, 6.45) is 2.13. The molecule has 1 aromatic rings. The lowest BCUT2D eigenvalue weighted by atomic mass is 10.1. The van der Waals surface area contributed by atoms with Crippen LogP contribution in [0, 0.1) is 13.8 Å². The zero-order valence-corrected chi connectivity index (χ0v) is 22.2. The number of thiazole rings is 1. The van der Waals surface area contributed by atoms with Crippen LogP contribution < -0.4 is 10.6 Å². The topological polar surface area (TPSA) is 99.2 Å². The van der Waals surface area contributed by atoms with Crippen molar-refractivity contribution >= 4 is 53.3 Å². The predicted molar refractivity (Wildman–Crippen MR) is 134 cm³/mol. The predicted octanol–water partition coefficient (Wildman–Crippen LogP) is 2.16. The van der Waals surface area contributed by atoms with Crippen LogP contribution in [-0.2, 0) is 16.0 Å². The van der Waals surface area contributed by atoms with Gasteiger partial charge in [-0.15, -0.1) is 35.3 Å². The molecule has 176 valence electrons. The van der Waals surface area contributed by atoms with E-state index in [1.165, 1.54) is 9.78 Å². The number of likely N-dealkylation sites (tertiary alicyclic amines) is 1. The molecule has 0 aliphatic carbocycles. The number of ether oxygens (including phenoxy) is 1. The molecule has 1 fully saturated rings. The third-order valence-corrected chi connectivity index (χ3v) is 6.07. The number of halogens is 1. The Kier molecular flexibility index (Phi) is 12.1. The van der Waals surface area contributed by atoms with Crippen molar-refractivity contribution in [3.63, 3.8) is 0 Å². The van der Waals surface area contributed by atoms with E-state index in [0.717, 1.165) is 30.0 Å². The van der Waals surface area contributed by atoms with Gasteiger partial charge < -0.3 is 25.2 Å². The van der Waals surface area contributed by atoms with Crippen LogP contribution in [0.4, 0.5) is 4.79 Å². The molecule has 2 rings (SSSR count). The van der Waals surface area contributed by atoms with Crippen molar-refractivity contribution in [2.24, 2.45) is 4.99 Å². The van der Waals surface area contributed by atoms with Gasteiger partial charge in [0.05, 0.1) is 17.3 Å². The Morgan fingerprint density at radius 3 is 2.52 bits per heavy atom. The summed E-state index contributed by atoms with van der Waals surface area (Å²) in [6.45, 7) is 8.33. The van der Waals surface area contributed by atoms with E-state index in [4.69, 9.17) is 4.74 Å². The Morgan fingerprint density at radius 1 is 1.29 bits per heavy atom. The number of piperidine rings is 1. The molecule has 11 heteroatoms.